The molecule has 1 saturated heterocycles. The van der Waals surface area contributed by atoms with Crippen LogP contribution in [0.2, 0.25) is 0 Å². The standard InChI is InChI=1S/C15H23N3O2/c1-12(18-8-4-3-5-9-18)10-17-15(19)13-6-7-14(20-2)16-11-13/h6-7,11-12H,3-5,8-10H2,1-2H3,(H,17,19). The highest BCUT2D eigenvalue weighted by atomic mass is 16.5. The molecular formula is C15H23N3O2. The zero-order valence-corrected chi connectivity index (χ0v) is 12.3. The molecule has 1 aliphatic rings. The van der Waals surface area contributed by atoms with E-state index in [4.69, 9.17) is 4.74 Å². The van der Waals surface area contributed by atoms with Crippen molar-refractivity contribution in [2.75, 3.05) is 26.7 Å². The monoisotopic (exact) mass is 277 g/mol. The Kier molecular flexibility index (Phi) is 5.35. The van der Waals surface area contributed by atoms with E-state index in [1.54, 1.807) is 25.4 Å². The van der Waals surface area contributed by atoms with Gasteiger partial charge in [-0.1, -0.05) is 6.42 Å². The molecule has 0 bridgehead atoms. The van der Waals surface area contributed by atoms with Crippen molar-refractivity contribution in [1.82, 2.24) is 15.2 Å². The number of pyridine rings is 1. The number of carbonyl (C=O) groups is 1. The number of ether oxygens (including phenoxy) is 1. The summed E-state index contributed by atoms with van der Waals surface area (Å²) in [5.41, 5.74) is 0.566. The van der Waals surface area contributed by atoms with Crippen LogP contribution in [0.5, 0.6) is 5.88 Å². The highest BCUT2D eigenvalue weighted by Gasteiger charge is 2.17. The fourth-order valence-corrected chi connectivity index (χ4v) is 2.47. The van der Waals surface area contributed by atoms with Gasteiger partial charge in [0.15, 0.2) is 0 Å². The zero-order chi connectivity index (χ0) is 14.4. The minimum atomic E-state index is -0.0796. The van der Waals surface area contributed by atoms with Crippen molar-refractivity contribution < 1.29 is 9.53 Å². The quantitative estimate of drug-likeness (QED) is 0.890. The molecule has 0 aromatic carbocycles. The van der Waals surface area contributed by atoms with E-state index < -0.39 is 0 Å². The van der Waals surface area contributed by atoms with Gasteiger partial charge in [-0.05, 0) is 38.9 Å². The van der Waals surface area contributed by atoms with Gasteiger partial charge >= 0.3 is 0 Å². The summed E-state index contributed by atoms with van der Waals surface area (Å²) in [5.74, 6) is 0.437. The molecule has 1 N–H and O–H groups in total. The normalized spacial score (nSPS) is 17.5. The van der Waals surface area contributed by atoms with Crippen LogP contribution in [0.25, 0.3) is 0 Å². The second kappa shape index (κ2) is 7.24. The predicted molar refractivity (Wildman–Crippen MR) is 78.0 cm³/mol. The molecule has 1 fully saturated rings. The summed E-state index contributed by atoms with van der Waals surface area (Å²) >= 11 is 0. The van der Waals surface area contributed by atoms with Crippen molar-refractivity contribution in [3.05, 3.63) is 23.9 Å². The molecule has 1 amide bonds. The summed E-state index contributed by atoms with van der Waals surface area (Å²) in [7, 11) is 1.56. The van der Waals surface area contributed by atoms with Gasteiger partial charge < -0.3 is 10.1 Å². The Morgan fingerprint density at radius 1 is 1.40 bits per heavy atom. The lowest BCUT2D eigenvalue weighted by Crippen LogP contribution is -2.44. The number of nitrogens with zero attached hydrogens (tertiary/aromatic N) is 2. The topological polar surface area (TPSA) is 54.5 Å². The Bertz CT molecular complexity index is 427. The first-order valence-electron chi connectivity index (χ1n) is 7.23. The number of likely N-dealkylation sites (tertiary alicyclic amines) is 1. The average molecular weight is 277 g/mol. The molecule has 1 unspecified atom stereocenters. The first kappa shape index (κ1) is 14.8. The Morgan fingerprint density at radius 2 is 2.15 bits per heavy atom. The SMILES string of the molecule is COc1ccc(C(=O)NCC(C)N2CCCCC2)cn1. The third-order valence-electron chi connectivity index (χ3n) is 3.78. The van der Waals surface area contributed by atoms with E-state index in [1.807, 2.05) is 0 Å². The number of aromatic nitrogens is 1. The minimum Gasteiger partial charge on any atom is -0.481 e. The maximum absolute atomic E-state index is 12.0. The molecule has 1 aromatic rings. The highest BCUT2D eigenvalue weighted by molar-refractivity contribution is 5.93. The fourth-order valence-electron chi connectivity index (χ4n) is 2.47. The van der Waals surface area contributed by atoms with Gasteiger partial charge in [0, 0.05) is 24.8 Å². The van der Waals surface area contributed by atoms with Gasteiger partial charge in [0.25, 0.3) is 5.91 Å². The molecule has 0 spiro atoms. The molecule has 5 heteroatoms. The van der Waals surface area contributed by atoms with E-state index in [9.17, 15) is 4.79 Å². The molecule has 5 nitrogen and oxygen atoms in total. The van der Waals surface area contributed by atoms with E-state index >= 15 is 0 Å². The zero-order valence-electron chi connectivity index (χ0n) is 12.3. The van der Waals surface area contributed by atoms with E-state index in [0.717, 1.165) is 13.1 Å². The smallest absolute Gasteiger partial charge is 0.252 e. The van der Waals surface area contributed by atoms with Gasteiger partial charge in [0.2, 0.25) is 5.88 Å². The first-order chi connectivity index (χ1) is 9.70. The lowest BCUT2D eigenvalue weighted by Gasteiger charge is -2.32. The molecule has 0 saturated carbocycles. The summed E-state index contributed by atoms with van der Waals surface area (Å²) in [5, 5.41) is 2.97. The van der Waals surface area contributed by atoms with E-state index in [0.29, 0.717) is 24.0 Å². The maximum atomic E-state index is 12.0. The van der Waals surface area contributed by atoms with Crippen molar-refractivity contribution in [2.45, 2.75) is 32.2 Å². The summed E-state index contributed by atoms with van der Waals surface area (Å²) in [6.45, 7) is 5.12. The number of piperidine rings is 1. The van der Waals surface area contributed by atoms with Crippen LogP contribution >= 0.6 is 0 Å². The molecule has 110 valence electrons. The molecule has 2 rings (SSSR count). The van der Waals surface area contributed by atoms with Gasteiger partial charge in [-0.25, -0.2) is 4.98 Å². The second-order valence-corrected chi connectivity index (χ2v) is 5.24. The Labute approximate surface area is 120 Å². The van der Waals surface area contributed by atoms with Crippen molar-refractivity contribution in [3.63, 3.8) is 0 Å². The minimum absolute atomic E-state index is 0.0796. The molecule has 1 aliphatic heterocycles. The van der Waals surface area contributed by atoms with E-state index in [-0.39, 0.29) is 5.91 Å². The van der Waals surface area contributed by atoms with Gasteiger partial charge in [0.1, 0.15) is 0 Å². The number of rotatable bonds is 5. The molecule has 20 heavy (non-hydrogen) atoms. The molecular weight excluding hydrogens is 254 g/mol. The van der Waals surface area contributed by atoms with Crippen molar-refractivity contribution >= 4 is 5.91 Å². The number of nitrogens with one attached hydrogen (secondary N) is 1. The van der Waals surface area contributed by atoms with Crippen LogP contribution in [0.3, 0.4) is 0 Å². The number of amides is 1. The first-order valence-corrected chi connectivity index (χ1v) is 7.23. The summed E-state index contributed by atoms with van der Waals surface area (Å²) in [6, 6.07) is 3.81. The molecule has 1 atom stereocenters. The van der Waals surface area contributed by atoms with Crippen molar-refractivity contribution in [3.8, 4) is 5.88 Å². The third-order valence-corrected chi connectivity index (χ3v) is 3.78. The molecule has 0 radical (unpaired) electrons. The third kappa shape index (κ3) is 3.93. The highest BCUT2D eigenvalue weighted by Crippen LogP contribution is 2.12. The van der Waals surface area contributed by atoms with Crippen LogP contribution in [0.1, 0.15) is 36.5 Å². The molecule has 0 aliphatic carbocycles. The van der Waals surface area contributed by atoms with Crippen molar-refractivity contribution in [1.29, 1.82) is 0 Å². The van der Waals surface area contributed by atoms with Crippen LogP contribution in [0.15, 0.2) is 18.3 Å². The van der Waals surface area contributed by atoms with Gasteiger partial charge in [-0.3, -0.25) is 9.69 Å². The molecule has 2 heterocycles. The van der Waals surface area contributed by atoms with Gasteiger partial charge in [0.05, 0.1) is 12.7 Å². The lowest BCUT2D eigenvalue weighted by molar-refractivity contribution is 0.0929. The molecule has 1 aromatic heterocycles. The Morgan fingerprint density at radius 3 is 2.75 bits per heavy atom. The summed E-state index contributed by atoms with van der Waals surface area (Å²) in [4.78, 5) is 18.5. The van der Waals surface area contributed by atoms with Crippen LogP contribution in [0, 0.1) is 0 Å². The van der Waals surface area contributed by atoms with Crippen LogP contribution in [0.4, 0.5) is 0 Å². The number of carbonyl (C=O) groups excluding carboxylic acids is 1. The summed E-state index contributed by atoms with van der Waals surface area (Å²) < 4.78 is 4.98. The van der Waals surface area contributed by atoms with Crippen LogP contribution in [-0.2, 0) is 0 Å². The number of hydrogen-bond donors (Lipinski definition) is 1. The summed E-state index contributed by atoms with van der Waals surface area (Å²) in [6.07, 6.45) is 5.40. The Hall–Kier alpha value is -1.62. The average Bonchev–Trinajstić information content (AvgIpc) is 2.53. The van der Waals surface area contributed by atoms with E-state index in [2.05, 4.69) is 22.1 Å². The fraction of sp³-hybridized carbons (Fsp3) is 0.600. The van der Waals surface area contributed by atoms with Gasteiger partial charge in [-0.15, -0.1) is 0 Å². The van der Waals surface area contributed by atoms with Crippen LogP contribution in [-0.4, -0.2) is 48.6 Å². The Balaban J connectivity index is 1.81. The largest absolute Gasteiger partial charge is 0.481 e. The lowest BCUT2D eigenvalue weighted by atomic mass is 10.1. The van der Waals surface area contributed by atoms with Crippen LogP contribution < -0.4 is 10.1 Å². The van der Waals surface area contributed by atoms with Crippen molar-refractivity contribution in [2.24, 2.45) is 0 Å². The van der Waals surface area contributed by atoms with E-state index in [1.165, 1.54) is 19.3 Å². The number of hydrogen-bond acceptors (Lipinski definition) is 4. The number of methoxy groups -OCH3 is 1. The second-order valence-electron chi connectivity index (χ2n) is 5.24. The predicted octanol–water partition coefficient (Wildman–Crippen LogP) is 1.69. The van der Waals surface area contributed by atoms with Gasteiger partial charge in [-0.2, -0.15) is 0 Å². The maximum Gasteiger partial charge on any atom is 0.252 e.